The van der Waals surface area contributed by atoms with Gasteiger partial charge >= 0.3 is 0 Å². The zero-order chi connectivity index (χ0) is 14.8. The van der Waals surface area contributed by atoms with E-state index in [1.54, 1.807) is 4.90 Å². The Morgan fingerprint density at radius 1 is 1.24 bits per heavy atom. The minimum absolute atomic E-state index is 0.0323. The van der Waals surface area contributed by atoms with Gasteiger partial charge in [-0.15, -0.1) is 0 Å². The maximum absolute atomic E-state index is 12.3. The van der Waals surface area contributed by atoms with Crippen LogP contribution in [0.5, 0.6) is 0 Å². The van der Waals surface area contributed by atoms with Crippen LogP contribution < -0.4 is 5.73 Å². The van der Waals surface area contributed by atoms with E-state index in [4.69, 9.17) is 5.73 Å². The summed E-state index contributed by atoms with van der Waals surface area (Å²) in [4.78, 5) is 27.9. The lowest BCUT2D eigenvalue weighted by atomic mass is 10.0. The van der Waals surface area contributed by atoms with Crippen molar-refractivity contribution in [2.24, 2.45) is 5.73 Å². The molecule has 0 aromatic heterocycles. The van der Waals surface area contributed by atoms with E-state index in [0.29, 0.717) is 19.1 Å². The van der Waals surface area contributed by atoms with Crippen molar-refractivity contribution >= 4 is 11.8 Å². The fourth-order valence-corrected chi connectivity index (χ4v) is 2.81. The van der Waals surface area contributed by atoms with Gasteiger partial charge in [0.05, 0.1) is 6.54 Å². The van der Waals surface area contributed by atoms with Gasteiger partial charge in [0, 0.05) is 31.6 Å². The third kappa shape index (κ3) is 3.24. The summed E-state index contributed by atoms with van der Waals surface area (Å²) in [6.07, 6.45) is 2.47. The highest BCUT2D eigenvalue weighted by molar-refractivity contribution is 5.86. The molecule has 21 heavy (non-hydrogen) atoms. The van der Waals surface area contributed by atoms with E-state index in [1.807, 2.05) is 35.2 Å². The quantitative estimate of drug-likeness (QED) is 0.895. The number of carbonyl (C=O) groups excluding carboxylic acids is 2. The van der Waals surface area contributed by atoms with E-state index in [-0.39, 0.29) is 30.8 Å². The predicted octanol–water partition coefficient (Wildman–Crippen LogP) is 0.910. The molecule has 5 heteroatoms. The highest BCUT2D eigenvalue weighted by atomic mass is 16.2. The van der Waals surface area contributed by atoms with E-state index in [2.05, 4.69) is 0 Å². The predicted molar refractivity (Wildman–Crippen MR) is 79.3 cm³/mol. The second kappa shape index (κ2) is 5.85. The molecule has 1 aliphatic carbocycles. The number of nitrogens with zero attached hydrogens (tertiary/aromatic N) is 2. The summed E-state index contributed by atoms with van der Waals surface area (Å²) in [5.74, 6) is 0.0422. The number of hydrogen-bond donors (Lipinski definition) is 1. The fourth-order valence-electron chi connectivity index (χ4n) is 2.81. The molecule has 1 unspecified atom stereocenters. The van der Waals surface area contributed by atoms with Gasteiger partial charge in [0.1, 0.15) is 0 Å². The molecule has 0 bridgehead atoms. The molecule has 1 saturated carbocycles. The molecule has 2 aliphatic rings. The van der Waals surface area contributed by atoms with Crippen molar-refractivity contribution in [2.45, 2.75) is 31.3 Å². The van der Waals surface area contributed by atoms with E-state index in [1.165, 1.54) is 0 Å². The molecule has 112 valence electrons. The van der Waals surface area contributed by atoms with Gasteiger partial charge in [0.2, 0.25) is 11.8 Å². The third-order valence-corrected chi connectivity index (χ3v) is 4.22. The molecule has 2 fully saturated rings. The van der Waals surface area contributed by atoms with Crippen molar-refractivity contribution < 1.29 is 9.59 Å². The smallest absolute Gasteiger partial charge is 0.242 e. The summed E-state index contributed by atoms with van der Waals surface area (Å²) in [6.45, 7) is 1.50. The van der Waals surface area contributed by atoms with Crippen molar-refractivity contribution in [3.8, 4) is 0 Å². The number of amides is 2. The molecule has 1 atom stereocenters. The molecule has 1 aliphatic heterocycles. The Kier molecular flexibility index (Phi) is 3.92. The first-order valence-corrected chi connectivity index (χ1v) is 7.53. The number of piperazine rings is 1. The van der Waals surface area contributed by atoms with Gasteiger partial charge < -0.3 is 15.5 Å². The number of hydrogen-bond acceptors (Lipinski definition) is 3. The van der Waals surface area contributed by atoms with E-state index in [0.717, 1.165) is 18.4 Å². The van der Waals surface area contributed by atoms with Crippen LogP contribution in [-0.2, 0) is 9.59 Å². The molecule has 1 saturated heterocycles. The average Bonchev–Trinajstić information content (AvgIpc) is 3.32. The monoisotopic (exact) mass is 287 g/mol. The molecule has 2 N–H and O–H groups in total. The van der Waals surface area contributed by atoms with Crippen LogP contribution in [0.4, 0.5) is 0 Å². The van der Waals surface area contributed by atoms with E-state index < -0.39 is 0 Å². The molecule has 0 spiro atoms. The lowest BCUT2D eigenvalue weighted by Crippen LogP contribution is -2.53. The van der Waals surface area contributed by atoms with Crippen LogP contribution >= 0.6 is 0 Å². The van der Waals surface area contributed by atoms with Crippen molar-refractivity contribution in [1.82, 2.24) is 9.80 Å². The molecule has 1 aromatic carbocycles. The van der Waals surface area contributed by atoms with E-state index in [9.17, 15) is 9.59 Å². The summed E-state index contributed by atoms with van der Waals surface area (Å²) in [6, 6.07) is 9.72. The van der Waals surface area contributed by atoms with Crippen LogP contribution in [-0.4, -0.2) is 47.3 Å². The largest absolute Gasteiger partial charge is 0.336 e. The summed E-state index contributed by atoms with van der Waals surface area (Å²) in [5, 5.41) is 0. The first-order chi connectivity index (χ1) is 10.1. The number of rotatable bonds is 4. The Morgan fingerprint density at radius 2 is 1.95 bits per heavy atom. The third-order valence-electron chi connectivity index (χ3n) is 4.22. The zero-order valence-electron chi connectivity index (χ0n) is 12.1. The van der Waals surface area contributed by atoms with Crippen molar-refractivity contribution in [2.75, 3.05) is 19.6 Å². The topological polar surface area (TPSA) is 66.6 Å². The van der Waals surface area contributed by atoms with Crippen LogP contribution in [0.25, 0.3) is 0 Å². The summed E-state index contributed by atoms with van der Waals surface area (Å²) in [5.41, 5.74) is 7.03. The molecule has 0 radical (unpaired) electrons. The number of benzene rings is 1. The van der Waals surface area contributed by atoms with Crippen molar-refractivity contribution in [3.05, 3.63) is 35.9 Å². The highest BCUT2D eigenvalue weighted by Crippen LogP contribution is 2.28. The maximum Gasteiger partial charge on any atom is 0.242 e. The molecule has 1 heterocycles. The Hall–Kier alpha value is -1.88. The van der Waals surface area contributed by atoms with Crippen LogP contribution in [0.15, 0.2) is 30.3 Å². The van der Waals surface area contributed by atoms with Crippen LogP contribution in [0.2, 0.25) is 0 Å². The van der Waals surface area contributed by atoms with Gasteiger partial charge in [-0.05, 0) is 18.4 Å². The molecule has 3 rings (SSSR count). The van der Waals surface area contributed by atoms with Crippen LogP contribution in [0.3, 0.4) is 0 Å². The Balaban J connectivity index is 1.55. The standard InChI is InChI=1S/C16H21N3O2/c17-14(12-4-2-1-3-5-12)10-15(20)18-8-9-19(13-6-7-13)16(21)11-18/h1-5,13-14H,6-11,17H2. The second-order valence-electron chi connectivity index (χ2n) is 5.85. The van der Waals surface area contributed by atoms with E-state index >= 15 is 0 Å². The Bertz CT molecular complexity index is 528. The highest BCUT2D eigenvalue weighted by Gasteiger charge is 2.36. The van der Waals surface area contributed by atoms with Gasteiger partial charge in [0.25, 0.3) is 0 Å². The minimum Gasteiger partial charge on any atom is -0.336 e. The summed E-state index contributed by atoms with van der Waals surface area (Å²) >= 11 is 0. The van der Waals surface area contributed by atoms with Crippen molar-refractivity contribution in [3.63, 3.8) is 0 Å². The number of nitrogens with two attached hydrogens (primary N) is 1. The zero-order valence-corrected chi connectivity index (χ0v) is 12.1. The normalized spacial score (nSPS) is 20.5. The second-order valence-corrected chi connectivity index (χ2v) is 5.85. The van der Waals surface area contributed by atoms with Gasteiger partial charge in [-0.25, -0.2) is 0 Å². The Morgan fingerprint density at radius 3 is 2.57 bits per heavy atom. The first kappa shape index (κ1) is 14.1. The first-order valence-electron chi connectivity index (χ1n) is 7.53. The van der Waals surface area contributed by atoms with Gasteiger partial charge in [-0.1, -0.05) is 30.3 Å². The SMILES string of the molecule is NC(CC(=O)N1CCN(C2CC2)C(=O)C1)c1ccccc1. The summed E-state index contributed by atoms with van der Waals surface area (Å²) < 4.78 is 0. The summed E-state index contributed by atoms with van der Waals surface area (Å²) in [7, 11) is 0. The van der Waals surface area contributed by atoms with Crippen molar-refractivity contribution in [1.29, 1.82) is 0 Å². The lowest BCUT2D eigenvalue weighted by Gasteiger charge is -2.35. The molecular weight excluding hydrogens is 266 g/mol. The molecule has 1 aromatic rings. The van der Waals surface area contributed by atoms with Gasteiger partial charge in [-0.2, -0.15) is 0 Å². The number of carbonyl (C=O) groups is 2. The van der Waals surface area contributed by atoms with Gasteiger partial charge in [0.15, 0.2) is 0 Å². The lowest BCUT2D eigenvalue weighted by molar-refractivity contribution is -0.145. The fraction of sp³-hybridized carbons (Fsp3) is 0.500. The molecular formula is C16H21N3O2. The average molecular weight is 287 g/mol. The molecule has 2 amide bonds. The van der Waals surface area contributed by atoms with Gasteiger partial charge in [-0.3, -0.25) is 9.59 Å². The van der Waals surface area contributed by atoms with Crippen LogP contribution in [0.1, 0.15) is 30.9 Å². The minimum atomic E-state index is -0.310. The molecule has 5 nitrogen and oxygen atoms in total. The maximum atomic E-state index is 12.3. The Labute approximate surface area is 124 Å². The van der Waals surface area contributed by atoms with Crippen LogP contribution in [0, 0.1) is 0 Å².